The maximum Gasteiger partial charge on any atom is 0.228 e. The van der Waals surface area contributed by atoms with Gasteiger partial charge in [0, 0.05) is 31.9 Å². The van der Waals surface area contributed by atoms with E-state index < -0.39 is 0 Å². The molecule has 1 aliphatic rings. The van der Waals surface area contributed by atoms with Crippen molar-refractivity contribution in [1.82, 2.24) is 4.90 Å². The molecule has 1 fully saturated rings. The maximum atomic E-state index is 13.2. The summed E-state index contributed by atoms with van der Waals surface area (Å²) in [6, 6.07) is 18.5. The third kappa shape index (κ3) is 4.82. The molecule has 1 saturated heterocycles. The van der Waals surface area contributed by atoms with Gasteiger partial charge in [0.2, 0.25) is 5.91 Å². The lowest BCUT2D eigenvalue weighted by atomic mass is 9.94. The van der Waals surface area contributed by atoms with E-state index in [0.29, 0.717) is 19.1 Å². The highest BCUT2D eigenvalue weighted by molar-refractivity contribution is 5.80. The van der Waals surface area contributed by atoms with Crippen LogP contribution in [0.4, 0.5) is 5.69 Å². The van der Waals surface area contributed by atoms with E-state index in [9.17, 15) is 4.79 Å². The van der Waals surface area contributed by atoms with E-state index in [1.54, 1.807) is 0 Å². The zero-order valence-electron chi connectivity index (χ0n) is 16.6. The predicted molar refractivity (Wildman–Crippen MR) is 110 cm³/mol. The highest BCUT2D eigenvalue weighted by atomic mass is 16.5. The summed E-state index contributed by atoms with van der Waals surface area (Å²) in [5.41, 5.74) is 2.33. The Hall–Kier alpha value is -2.49. The number of hydrogen-bond acceptors (Lipinski definition) is 3. The number of ether oxygens (including phenoxy) is 1. The SMILES string of the molecule is CCOc1ccc(N2CCN(Cc3ccccc3)C(=O)C(C(C)C)C2)cc1. The third-order valence-electron chi connectivity index (χ3n) is 5.22. The van der Waals surface area contributed by atoms with Crippen LogP contribution >= 0.6 is 0 Å². The number of hydrogen-bond donors (Lipinski definition) is 0. The monoisotopic (exact) mass is 366 g/mol. The Kier molecular flexibility index (Phi) is 6.38. The summed E-state index contributed by atoms with van der Waals surface area (Å²) >= 11 is 0. The van der Waals surface area contributed by atoms with Gasteiger partial charge < -0.3 is 14.5 Å². The van der Waals surface area contributed by atoms with Gasteiger partial charge in [-0.1, -0.05) is 44.2 Å². The summed E-state index contributed by atoms with van der Waals surface area (Å²) in [4.78, 5) is 17.5. The first kappa shape index (κ1) is 19.3. The van der Waals surface area contributed by atoms with E-state index >= 15 is 0 Å². The van der Waals surface area contributed by atoms with Gasteiger partial charge in [-0.05, 0) is 42.7 Å². The molecule has 2 aromatic rings. The molecule has 1 aliphatic heterocycles. The Morgan fingerprint density at radius 2 is 1.74 bits per heavy atom. The molecule has 0 aliphatic carbocycles. The van der Waals surface area contributed by atoms with Crippen molar-refractivity contribution in [2.24, 2.45) is 11.8 Å². The van der Waals surface area contributed by atoms with Crippen molar-refractivity contribution in [2.75, 3.05) is 31.1 Å². The van der Waals surface area contributed by atoms with Gasteiger partial charge in [-0.15, -0.1) is 0 Å². The first-order valence-corrected chi connectivity index (χ1v) is 9.89. The van der Waals surface area contributed by atoms with Crippen molar-refractivity contribution in [3.05, 3.63) is 60.2 Å². The molecule has 3 rings (SSSR count). The fourth-order valence-electron chi connectivity index (χ4n) is 3.60. The van der Waals surface area contributed by atoms with Crippen LogP contribution in [0.25, 0.3) is 0 Å². The van der Waals surface area contributed by atoms with Gasteiger partial charge in [0.05, 0.1) is 12.5 Å². The van der Waals surface area contributed by atoms with Crippen LogP contribution in [0.2, 0.25) is 0 Å². The van der Waals surface area contributed by atoms with E-state index in [-0.39, 0.29) is 11.8 Å². The van der Waals surface area contributed by atoms with E-state index in [1.165, 1.54) is 5.56 Å². The van der Waals surface area contributed by atoms with Crippen LogP contribution in [0.5, 0.6) is 5.75 Å². The summed E-state index contributed by atoms with van der Waals surface area (Å²) in [6.45, 7) is 9.97. The fraction of sp³-hybridized carbons (Fsp3) is 0.435. The first-order valence-electron chi connectivity index (χ1n) is 9.89. The molecule has 1 atom stereocenters. The number of anilines is 1. The fourth-order valence-corrected chi connectivity index (χ4v) is 3.60. The minimum Gasteiger partial charge on any atom is -0.494 e. The lowest BCUT2D eigenvalue weighted by molar-refractivity contribution is -0.136. The van der Waals surface area contributed by atoms with Crippen LogP contribution in [0, 0.1) is 11.8 Å². The van der Waals surface area contributed by atoms with Crippen LogP contribution in [-0.2, 0) is 11.3 Å². The molecule has 4 nitrogen and oxygen atoms in total. The van der Waals surface area contributed by atoms with E-state index in [0.717, 1.165) is 31.1 Å². The van der Waals surface area contributed by atoms with Gasteiger partial charge in [0.25, 0.3) is 0 Å². The molecule has 0 aromatic heterocycles. The van der Waals surface area contributed by atoms with Crippen LogP contribution in [0.15, 0.2) is 54.6 Å². The minimum absolute atomic E-state index is 0.00257. The molecule has 1 unspecified atom stereocenters. The van der Waals surface area contributed by atoms with Crippen molar-refractivity contribution in [2.45, 2.75) is 27.3 Å². The maximum absolute atomic E-state index is 13.2. The molecule has 1 heterocycles. The predicted octanol–water partition coefficient (Wildman–Crippen LogP) is 4.21. The van der Waals surface area contributed by atoms with Crippen molar-refractivity contribution in [1.29, 1.82) is 0 Å². The molecule has 0 N–H and O–H groups in total. The summed E-state index contributed by atoms with van der Waals surface area (Å²) in [6.07, 6.45) is 0. The second-order valence-electron chi connectivity index (χ2n) is 7.47. The highest BCUT2D eigenvalue weighted by Gasteiger charge is 2.32. The summed E-state index contributed by atoms with van der Waals surface area (Å²) in [7, 11) is 0. The van der Waals surface area contributed by atoms with Crippen LogP contribution in [0.3, 0.4) is 0 Å². The van der Waals surface area contributed by atoms with Crippen LogP contribution < -0.4 is 9.64 Å². The molecule has 1 amide bonds. The lowest BCUT2D eigenvalue weighted by Gasteiger charge is -2.27. The topological polar surface area (TPSA) is 32.8 Å². The summed E-state index contributed by atoms with van der Waals surface area (Å²) < 4.78 is 5.55. The minimum atomic E-state index is 0.00257. The number of amides is 1. The Bertz CT molecular complexity index is 728. The van der Waals surface area contributed by atoms with Crippen LogP contribution in [-0.4, -0.2) is 37.0 Å². The Balaban J connectivity index is 1.78. The van der Waals surface area contributed by atoms with Crippen molar-refractivity contribution in [3.8, 4) is 5.75 Å². The molecular weight excluding hydrogens is 336 g/mol. The highest BCUT2D eigenvalue weighted by Crippen LogP contribution is 2.26. The molecule has 0 spiro atoms. The Morgan fingerprint density at radius 3 is 2.37 bits per heavy atom. The first-order chi connectivity index (χ1) is 13.1. The van der Waals surface area contributed by atoms with E-state index in [4.69, 9.17) is 4.74 Å². The third-order valence-corrected chi connectivity index (χ3v) is 5.22. The average molecular weight is 367 g/mol. The Labute approximate surface area is 162 Å². The number of carbonyl (C=O) groups is 1. The number of nitrogens with zero attached hydrogens (tertiary/aromatic N) is 2. The quantitative estimate of drug-likeness (QED) is 0.768. The van der Waals surface area contributed by atoms with Gasteiger partial charge in [-0.3, -0.25) is 4.79 Å². The largest absolute Gasteiger partial charge is 0.494 e. The molecule has 4 heteroatoms. The molecule has 27 heavy (non-hydrogen) atoms. The summed E-state index contributed by atoms with van der Waals surface area (Å²) in [5.74, 6) is 1.46. The zero-order chi connectivity index (χ0) is 19.2. The lowest BCUT2D eigenvalue weighted by Crippen LogP contribution is -2.38. The van der Waals surface area contributed by atoms with Gasteiger partial charge in [0.15, 0.2) is 0 Å². The van der Waals surface area contributed by atoms with Crippen molar-refractivity contribution >= 4 is 11.6 Å². The number of benzene rings is 2. The van der Waals surface area contributed by atoms with E-state index in [1.807, 2.05) is 42.2 Å². The van der Waals surface area contributed by atoms with Gasteiger partial charge in [-0.25, -0.2) is 0 Å². The molecule has 0 radical (unpaired) electrons. The Morgan fingerprint density at radius 1 is 1.04 bits per heavy atom. The smallest absolute Gasteiger partial charge is 0.228 e. The van der Waals surface area contributed by atoms with E-state index in [2.05, 4.69) is 43.0 Å². The molecule has 144 valence electrons. The average Bonchev–Trinajstić information content (AvgIpc) is 2.83. The normalized spacial score (nSPS) is 17.9. The van der Waals surface area contributed by atoms with Gasteiger partial charge >= 0.3 is 0 Å². The standard InChI is InChI=1S/C23H30N2O2/c1-4-27-21-12-10-20(11-13-21)24-14-15-25(16-19-8-6-5-7-9-19)23(26)22(17-24)18(2)3/h5-13,18,22H,4,14-17H2,1-3H3. The second-order valence-corrected chi connectivity index (χ2v) is 7.47. The molecule has 0 bridgehead atoms. The molecule has 0 saturated carbocycles. The number of rotatable bonds is 6. The number of carbonyl (C=O) groups excluding carboxylic acids is 1. The van der Waals surface area contributed by atoms with Crippen molar-refractivity contribution < 1.29 is 9.53 Å². The van der Waals surface area contributed by atoms with Gasteiger partial charge in [0.1, 0.15) is 5.75 Å². The molecule has 2 aromatic carbocycles. The molecular formula is C23H30N2O2. The van der Waals surface area contributed by atoms with Crippen molar-refractivity contribution in [3.63, 3.8) is 0 Å². The zero-order valence-corrected chi connectivity index (χ0v) is 16.6. The van der Waals surface area contributed by atoms with Gasteiger partial charge in [-0.2, -0.15) is 0 Å². The summed E-state index contributed by atoms with van der Waals surface area (Å²) in [5, 5.41) is 0. The second kappa shape index (κ2) is 8.94. The van der Waals surface area contributed by atoms with Crippen LogP contribution in [0.1, 0.15) is 26.3 Å².